The number of hydrogen-bond donors (Lipinski definition) is 0. The summed E-state index contributed by atoms with van der Waals surface area (Å²) in [4.78, 5) is 4.52. The molecule has 1 aliphatic carbocycles. The first-order valence-corrected chi connectivity index (χ1v) is 6.97. The van der Waals surface area contributed by atoms with Gasteiger partial charge in [0.25, 0.3) is 0 Å². The summed E-state index contributed by atoms with van der Waals surface area (Å²) in [5.74, 6) is 2.07. The van der Waals surface area contributed by atoms with Gasteiger partial charge in [-0.2, -0.15) is 0 Å². The summed E-state index contributed by atoms with van der Waals surface area (Å²) in [5.41, 5.74) is 2.04. The number of nitrogens with zero attached hydrogens (tertiary/aromatic N) is 1. The lowest BCUT2D eigenvalue weighted by Gasteiger charge is -2.09. The van der Waals surface area contributed by atoms with E-state index in [0.717, 1.165) is 35.4 Å². The Morgan fingerprint density at radius 1 is 1.28 bits per heavy atom. The predicted octanol–water partition coefficient (Wildman–Crippen LogP) is 4.15. The Bertz CT molecular complexity index is 551. The first-order valence-electron chi connectivity index (χ1n) is 6.44. The van der Waals surface area contributed by atoms with Gasteiger partial charge in [-0.05, 0) is 24.0 Å². The van der Waals surface area contributed by atoms with Gasteiger partial charge in [-0.1, -0.05) is 31.0 Å². The highest BCUT2D eigenvalue weighted by atomic mass is 35.5. The molecule has 0 saturated heterocycles. The Hall–Kier alpha value is -1.28. The van der Waals surface area contributed by atoms with Gasteiger partial charge in [0, 0.05) is 17.3 Å². The molecule has 0 spiro atoms. The molecule has 0 radical (unpaired) electrons. The lowest BCUT2D eigenvalue weighted by molar-refractivity contribution is 0.292. The molecule has 2 nitrogen and oxygen atoms in total. The molecule has 1 aliphatic rings. The lowest BCUT2D eigenvalue weighted by Crippen LogP contribution is -2.01. The molecule has 0 N–H and O–H groups in total. The molecule has 3 rings (SSSR count). The fourth-order valence-corrected chi connectivity index (χ4v) is 2.36. The topological polar surface area (TPSA) is 22.1 Å². The van der Waals surface area contributed by atoms with Gasteiger partial charge in [0.1, 0.15) is 0 Å². The SMILES string of the molecule is ClCc1cc(OCCC2CC2)nc2ccccc12. The van der Waals surface area contributed by atoms with Crippen molar-refractivity contribution in [2.24, 2.45) is 5.92 Å². The average Bonchev–Trinajstić information content (AvgIpc) is 3.22. The Morgan fingerprint density at radius 2 is 2.11 bits per heavy atom. The Kier molecular flexibility index (Phi) is 3.37. The van der Waals surface area contributed by atoms with Crippen LogP contribution in [0.1, 0.15) is 24.8 Å². The highest BCUT2D eigenvalue weighted by molar-refractivity contribution is 6.18. The van der Waals surface area contributed by atoms with Crippen molar-refractivity contribution < 1.29 is 4.74 Å². The van der Waals surface area contributed by atoms with Crippen molar-refractivity contribution in [1.82, 2.24) is 4.98 Å². The largest absolute Gasteiger partial charge is 0.478 e. The molecule has 2 aromatic rings. The highest BCUT2D eigenvalue weighted by Crippen LogP contribution is 2.32. The smallest absolute Gasteiger partial charge is 0.214 e. The van der Waals surface area contributed by atoms with Crippen LogP contribution in [0.2, 0.25) is 0 Å². The van der Waals surface area contributed by atoms with Crippen molar-refractivity contribution in [2.75, 3.05) is 6.61 Å². The number of pyridine rings is 1. The third kappa shape index (κ3) is 2.59. The molecular weight excluding hydrogens is 246 g/mol. The third-order valence-electron chi connectivity index (χ3n) is 3.40. The Balaban J connectivity index is 1.82. The van der Waals surface area contributed by atoms with Crippen LogP contribution in [0.4, 0.5) is 0 Å². The number of aromatic nitrogens is 1. The summed E-state index contributed by atoms with van der Waals surface area (Å²) in [6.07, 6.45) is 3.87. The van der Waals surface area contributed by atoms with Crippen LogP contribution < -0.4 is 4.74 Å². The van der Waals surface area contributed by atoms with Crippen molar-refractivity contribution in [2.45, 2.75) is 25.1 Å². The van der Waals surface area contributed by atoms with E-state index in [0.29, 0.717) is 11.8 Å². The summed E-state index contributed by atoms with van der Waals surface area (Å²) in [6.45, 7) is 0.762. The second kappa shape index (κ2) is 5.15. The molecule has 0 amide bonds. The second-order valence-electron chi connectivity index (χ2n) is 4.85. The predicted molar refractivity (Wildman–Crippen MR) is 74.1 cm³/mol. The minimum atomic E-state index is 0.488. The van der Waals surface area contributed by atoms with Gasteiger partial charge < -0.3 is 4.74 Å². The van der Waals surface area contributed by atoms with Crippen LogP contribution in [0.15, 0.2) is 30.3 Å². The third-order valence-corrected chi connectivity index (χ3v) is 3.68. The van der Waals surface area contributed by atoms with Gasteiger partial charge in [0.05, 0.1) is 12.1 Å². The molecule has 0 bridgehead atoms. The monoisotopic (exact) mass is 261 g/mol. The van der Waals surface area contributed by atoms with Gasteiger partial charge in [0.15, 0.2) is 0 Å². The zero-order valence-electron chi connectivity index (χ0n) is 10.2. The van der Waals surface area contributed by atoms with E-state index in [1.54, 1.807) is 0 Å². The summed E-state index contributed by atoms with van der Waals surface area (Å²) < 4.78 is 5.74. The van der Waals surface area contributed by atoms with Gasteiger partial charge in [0.2, 0.25) is 5.88 Å². The van der Waals surface area contributed by atoms with Crippen molar-refractivity contribution in [1.29, 1.82) is 0 Å². The van der Waals surface area contributed by atoms with E-state index in [9.17, 15) is 0 Å². The lowest BCUT2D eigenvalue weighted by atomic mass is 10.1. The number of halogens is 1. The number of hydrogen-bond acceptors (Lipinski definition) is 2. The fraction of sp³-hybridized carbons (Fsp3) is 0.400. The minimum absolute atomic E-state index is 0.488. The van der Waals surface area contributed by atoms with E-state index in [1.165, 1.54) is 12.8 Å². The van der Waals surface area contributed by atoms with E-state index in [1.807, 2.05) is 30.3 Å². The van der Waals surface area contributed by atoms with Crippen molar-refractivity contribution in [3.05, 3.63) is 35.9 Å². The van der Waals surface area contributed by atoms with Crippen LogP contribution >= 0.6 is 11.6 Å². The number of ether oxygens (including phenoxy) is 1. The second-order valence-corrected chi connectivity index (χ2v) is 5.12. The van der Waals surface area contributed by atoms with E-state index in [4.69, 9.17) is 16.3 Å². The summed E-state index contributed by atoms with van der Waals surface area (Å²) in [5, 5.41) is 1.11. The van der Waals surface area contributed by atoms with Crippen LogP contribution in [-0.4, -0.2) is 11.6 Å². The molecule has 1 saturated carbocycles. The number of rotatable bonds is 5. The van der Waals surface area contributed by atoms with E-state index < -0.39 is 0 Å². The standard InChI is InChI=1S/C15H16ClNO/c16-10-12-9-15(18-8-7-11-5-6-11)17-14-4-2-1-3-13(12)14/h1-4,9,11H,5-8,10H2. The van der Waals surface area contributed by atoms with E-state index in [2.05, 4.69) is 4.98 Å². The van der Waals surface area contributed by atoms with Crippen LogP contribution in [-0.2, 0) is 5.88 Å². The molecule has 0 atom stereocenters. The Morgan fingerprint density at radius 3 is 2.89 bits per heavy atom. The molecule has 18 heavy (non-hydrogen) atoms. The van der Waals surface area contributed by atoms with Gasteiger partial charge in [-0.25, -0.2) is 4.98 Å². The summed E-state index contributed by atoms with van der Waals surface area (Å²) in [6, 6.07) is 10.0. The minimum Gasteiger partial charge on any atom is -0.478 e. The first kappa shape index (κ1) is 11.8. The van der Waals surface area contributed by atoms with Gasteiger partial charge in [-0.15, -0.1) is 11.6 Å². The molecule has 0 aliphatic heterocycles. The maximum Gasteiger partial charge on any atom is 0.214 e. The normalized spacial score (nSPS) is 14.9. The maximum absolute atomic E-state index is 5.99. The molecule has 3 heteroatoms. The first-order chi connectivity index (χ1) is 8.86. The number of para-hydroxylation sites is 1. The van der Waals surface area contributed by atoms with Crippen molar-refractivity contribution in [3.63, 3.8) is 0 Å². The van der Waals surface area contributed by atoms with Crippen LogP contribution in [0.25, 0.3) is 10.9 Å². The zero-order chi connectivity index (χ0) is 12.4. The highest BCUT2D eigenvalue weighted by Gasteiger charge is 2.20. The average molecular weight is 262 g/mol. The van der Waals surface area contributed by atoms with Crippen LogP contribution in [0.3, 0.4) is 0 Å². The van der Waals surface area contributed by atoms with E-state index in [-0.39, 0.29) is 0 Å². The molecule has 1 aromatic carbocycles. The quantitative estimate of drug-likeness (QED) is 0.755. The molecule has 0 unspecified atom stereocenters. The van der Waals surface area contributed by atoms with E-state index >= 15 is 0 Å². The molecule has 94 valence electrons. The van der Waals surface area contributed by atoms with Crippen molar-refractivity contribution >= 4 is 22.5 Å². The molecular formula is C15H16ClNO. The summed E-state index contributed by atoms with van der Waals surface area (Å²) >= 11 is 5.99. The molecule has 1 heterocycles. The molecule has 1 fully saturated rings. The zero-order valence-corrected chi connectivity index (χ0v) is 11.0. The molecule has 1 aromatic heterocycles. The van der Waals surface area contributed by atoms with Gasteiger partial charge >= 0.3 is 0 Å². The number of alkyl halides is 1. The maximum atomic E-state index is 5.99. The fourth-order valence-electron chi connectivity index (χ4n) is 2.14. The number of fused-ring (bicyclic) bond motifs is 1. The Labute approximate surface area is 112 Å². The van der Waals surface area contributed by atoms with Gasteiger partial charge in [-0.3, -0.25) is 0 Å². The van der Waals surface area contributed by atoms with Crippen LogP contribution in [0.5, 0.6) is 5.88 Å². The summed E-state index contributed by atoms with van der Waals surface area (Å²) in [7, 11) is 0. The van der Waals surface area contributed by atoms with Crippen molar-refractivity contribution in [3.8, 4) is 5.88 Å². The van der Waals surface area contributed by atoms with Crippen LogP contribution in [0, 0.1) is 5.92 Å². The number of benzene rings is 1.